The molecule has 0 aliphatic heterocycles. The fraction of sp³-hybridized carbons (Fsp3) is 0.471. The molecule has 0 N–H and O–H groups in total. The van der Waals surface area contributed by atoms with Crippen molar-refractivity contribution >= 4 is 17.9 Å². The molecule has 0 unspecified atom stereocenters. The molecule has 0 aliphatic rings. The first kappa shape index (κ1) is 21.6. The van der Waals surface area contributed by atoms with E-state index in [0.717, 1.165) is 18.2 Å². The average molecular weight is 340 g/mol. The Balaban J connectivity index is 4.62. The Morgan fingerprint density at radius 2 is 1.25 bits per heavy atom. The van der Waals surface area contributed by atoms with Gasteiger partial charge in [0, 0.05) is 18.2 Å². The zero-order valence-corrected chi connectivity index (χ0v) is 14.0. The predicted octanol–water partition coefficient (Wildman–Crippen LogP) is 1.59. The highest BCUT2D eigenvalue weighted by molar-refractivity contribution is 5.82. The Hall–Kier alpha value is -2.41. The van der Waals surface area contributed by atoms with Crippen LogP contribution in [-0.2, 0) is 33.3 Å². The highest BCUT2D eigenvalue weighted by atomic mass is 16.6. The summed E-state index contributed by atoms with van der Waals surface area (Å²) in [5, 5.41) is 0. The first-order valence-corrected chi connectivity index (χ1v) is 7.38. The summed E-state index contributed by atoms with van der Waals surface area (Å²) < 4.78 is 20.4. The topological polar surface area (TPSA) is 88.1 Å². The van der Waals surface area contributed by atoms with Gasteiger partial charge >= 0.3 is 17.9 Å². The maximum Gasteiger partial charge on any atom is 0.330 e. The standard InChI is InChI=1S/C17H24O7/c1-5-14(18)22-10-9-21-11-17(8-4,12-23-15(19)6-2)13-24-16(20)7-3/h5-7H,1-3,8-13H2,4H3. The second-order valence-corrected chi connectivity index (χ2v) is 4.90. The van der Waals surface area contributed by atoms with Crippen molar-refractivity contribution in [3.63, 3.8) is 0 Å². The summed E-state index contributed by atoms with van der Waals surface area (Å²) >= 11 is 0. The lowest BCUT2D eigenvalue weighted by Gasteiger charge is -2.31. The molecule has 0 bridgehead atoms. The predicted molar refractivity (Wildman–Crippen MR) is 87.0 cm³/mol. The molecule has 0 amide bonds. The number of rotatable bonds is 13. The van der Waals surface area contributed by atoms with Gasteiger partial charge in [0.05, 0.1) is 18.6 Å². The summed E-state index contributed by atoms with van der Waals surface area (Å²) in [6.07, 6.45) is 3.67. The minimum atomic E-state index is -0.722. The number of hydrogen-bond acceptors (Lipinski definition) is 7. The molecule has 0 radical (unpaired) electrons. The molecule has 0 rings (SSSR count). The summed E-state index contributed by atoms with van der Waals surface area (Å²) in [5.74, 6) is -1.70. The molecule has 134 valence electrons. The van der Waals surface area contributed by atoms with Crippen molar-refractivity contribution in [2.45, 2.75) is 13.3 Å². The normalized spacial score (nSPS) is 10.4. The van der Waals surface area contributed by atoms with E-state index >= 15 is 0 Å². The fourth-order valence-corrected chi connectivity index (χ4v) is 1.55. The quantitative estimate of drug-likeness (QED) is 0.218. The molecule has 0 aromatic carbocycles. The van der Waals surface area contributed by atoms with Crippen LogP contribution in [0.15, 0.2) is 38.0 Å². The van der Waals surface area contributed by atoms with Crippen LogP contribution in [-0.4, -0.2) is 50.9 Å². The Morgan fingerprint density at radius 3 is 1.67 bits per heavy atom. The third-order valence-corrected chi connectivity index (χ3v) is 3.17. The maximum absolute atomic E-state index is 11.3. The first-order valence-electron chi connectivity index (χ1n) is 7.38. The third-order valence-electron chi connectivity index (χ3n) is 3.17. The Labute approximate surface area is 141 Å². The summed E-state index contributed by atoms with van der Waals surface area (Å²) in [6.45, 7) is 12.1. The van der Waals surface area contributed by atoms with Gasteiger partial charge in [-0.3, -0.25) is 0 Å². The van der Waals surface area contributed by atoms with E-state index in [1.807, 2.05) is 6.92 Å². The third kappa shape index (κ3) is 8.89. The van der Waals surface area contributed by atoms with Crippen LogP contribution in [0, 0.1) is 5.41 Å². The van der Waals surface area contributed by atoms with Gasteiger partial charge in [-0.05, 0) is 6.42 Å². The molecule has 7 nitrogen and oxygen atoms in total. The van der Waals surface area contributed by atoms with Gasteiger partial charge in [-0.25, -0.2) is 14.4 Å². The molecule has 0 spiro atoms. The first-order chi connectivity index (χ1) is 11.4. The van der Waals surface area contributed by atoms with E-state index in [1.165, 1.54) is 0 Å². The van der Waals surface area contributed by atoms with Gasteiger partial charge in [-0.2, -0.15) is 0 Å². The van der Waals surface area contributed by atoms with Crippen molar-refractivity contribution in [3.8, 4) is 0 Å². The summed E-state index contributed by atoms with van der Waals surface area (Å²) in [5.41, 5.74) is -0.722. The van der Waals surface area contributed by atoms with Crippen LogP contribution in [0.25, 0.3) is 0 Å². The Bertz CT molecular complexity index is 444. The highest BCUT2D eigenvalue weighted by Crippen LogP contribution is 2.24. The zero-order valence-electron chi connectivity index (χ0n) is 14.0. The minimum absolute atomic E-state index is 0.00871. The van der Waals surface area contributed by atoms with E-state index in [1.54, 1.807) is 0 Å². The number of ether oxygens (including phenoxy) is 4. The van der Waals surface area contributed by atoms with Crippen LogP contribution in [0.3, 0.4) is 0 Å². The van der Waals surface area contributed by atoms with Crippen molar-refractivity contribution in [2.24, 2.45) is 5.41 Å². The van der Waals surface area contributed by atoms with Crippen LogP contribution in [0.5, 0.6) is 0 Å². The molecule has 7 heteroatoms. The van der Waals surface area contributed by atoms with Crippen LogP contribution < -0.4 is 0 Å². The number of carbonyl (C=O) groups excluding carboxylic acids is 3. The van der Waals surface area contributed by atoms with E-state index in [-0.39, 0.29) is 33.0 Å². The van der Waals surface area contributed by atoms with E-state index in [4.69, 9.17) is 18.9 Å². The minimum Gasteiger partial charge on any atom is -0.462 e. The monoisotopic (exact) mass is 340 g/mol. The van der Waals surface area contributed by atoms with Crippen LogP contribution >= 0.6 is 0 Å². The van der Waals surface area contributed by atoms with Crippen molar-refractivity contribution < 1.29 is 33.3 Å². The molecule has 24 heavy (non-hydrogen) atoms. The maximum atomic E-state index is 11.3. The number of hydrogen-bond donors (Lipinski definition) is 0. The van der Waals surface area contributed by atoms with Gasteiger partial charge in [0.15, 0.2) is 0 Å². The van der Waals surface area contributed by atoms with E-state index in [0.29, 0.717) is 6.42 Å². The molecule has 0 aromatic rings. The summed E-state index contributed by atoms with van der Waals surface area (Å²) in [6, 6.07) is 0. The molecule has 0 atom stereocenters. The van der Waals surface area contributed by atoms with Gasteiger partial charge in [0.2, 0.25) is 0 Å². The molecule has 0 heterocycles. The lowest BCUT2D eigenvalue weighted by Crippen LogP contribution is -2.38. The zero-order chi connectivity index (χ0) is 18.4. The molecule has 0 saturated heterocycles. The van der Waals surface area contributed by atoms with Crippen LogP contribution in [0.1, 0.15) is 13.3 Å². The van der Waals surface area contributed by atoms with Gasteiger partial charge in [-0.15, -0.1) is 0 Å². The van der Waals surface area contributed by atoms with E-state index < -0.39 is 23.3 Å². The molecular formula is C17H24O7. The summed E-state index contributed by atoms with van der Waals surface area (Å²) in [4.78, 5) is 33.5. The molecule has 0 saturated carbocycles. The van der Waals surface area contributed by atoms with Crippen LogP contribution in [0.4, 0.5) is 0 Å². The Kier molecular flexibility index (Phi) is 10.9. The lowest BCUT2D eigenvalue weighted by molar-refractivity contribution is -0.153. The van der Waals surface area contributed by atoms with Gasteiger partial charge in [0.1, 0.15) is 19.8 Å². The van der Waals surface area contributed by atoms with E-state index in [9.17, 15) is 14.4 Å². The molecular weight excluding hydrogens is 316 g/mol. The van der Waals surface area contributed by atoms with Gasteiger partial charge < -0.3 is 18.9 Å². The molecule has 0 fully saturated rings. The highest BCUT2D eigenvalue weighted by Gasteiger charge is 2.32. The molecule has 0 aliphatic carbocycles. The average Bonchev–Trinajstić information content (AvgIpc) is 2.62. The van der Waals surface area contributed by atoms with Crippen molar-refractivity contribution in [2.75, 3.05) is 33.0 Å². The SMILES string of the molecule is C=CC(=O)OCCOCC(CC)(COC(=O)C=C)COC(=O)C=C. The number of esters is 3. The smallest absolute Gasteiger partial charge is 0.330 e. The fourth-order valence-electron chi connectivity index (χ4n) is 1.55. The van der Waals surface area contributed by atoms with Crippen LogP contribution in [0.2, 0.25) is 0 Å². The van der Waals surface area contributed by atoms with E-state index in [2.05, 4.69) is 19.7 Å². The second kappa shape index (κ2) is 12.1. The van der Waals surface area contributed by atoms with Gasteiger partial charge in [0.25, 0.3) is 0 Å². The largest absolute Gasteiger partial charge is 0.462 e. The van der Waals surface area contributed by atoms with Gasteiger partial charge in [-0.1, -0.05) is 26.7 Å². The van der Waals surface area contributed by atoms with Crippen molar-refractivity contribution in [1.82, 2.24) is 0 Å². The Morgan fingerprint density at radius 1 is 0.792 bits per heavy atom. The second-order valence-electron chi connectivity index (χ2n) is 4.90. The number of carbonyl (C=O) groups is 3. The van der Waals surface area contributed by atoms with Crippen molar-refractivity contribution in [1.29, 1.82) is 0 Å². The molecule has 0 aromatic heterocycles. The summed E-state index contributed by atoms with van der Waals surface area (Å²) in [7, 11) is 0. The lowest BCUT2D eigenvalue weighted by atomic mass is 9.88. The van der Waals surface area contributed by atoms with Crippen molar-refractivity contribution in [3.05, 3.63) is 38.0 Å².